The van der Waals surface area contributed by atoms with Crippen molar-refractivity contribution in [1.29, 1.82) is 0 Å². The van der Waals surface area contributed by atoms with Crippen LogP contribution in [0.5, 0.6) is 5.75 Å². The Bertz CT molecular complexity index is 858. The quantitative estimate of drug-likeness (QED) is 0.806. The normalized spacial score (nSPS) is 15.9. The lowest BCUT2D eigenvalue weighted by atomic mass is 10.1. The minimum absolute atomic E-state index is 0.381. The van der Waals surface area contributed by atoms with Crippen molar-refractivity contribution in [1.82, 2.24) is 4.31 Å². The molecule has 26 heavy (non-hydrogen) atoms. The van der Waals surface area contributed by atoms with Crippen LogP contribution in [0.3, 0.4) is 0 Å². The van der Waals surface area contributed by atoms with E-state index in [0.717, 1.165) is 22.6 Å². The number of hydrogen-bond donors (Lipinski definition) is 0. The number of aryl methyl sites for hydroxylation is 2. The van der Waals surface area contributed by atoms with E-state index in [9.17, 15) is 8.42 Å². The van der Waals surface area contributed by atoms with Crippen LogP contribution in [0.25, 0.3) is 0 Å². The number of piperazine rings is 1. The molecule has 0 unspecified atom stereocenters. The van der Waals surface area contributed by atoms with Gasteiger partial charge in [0, 0.05) is 31.9 Å². The Balaban J connectivity index is 1.78. The number of para-hydroxylation sites is 1. The molecule has 0 bridgehead atoms. The van der Waals surface area contributed by atoms with Gasteiger partial charge in [0.05, 0.1) is 11.5 Å². The fourth-order valence-electron chi connectivity index (χ4n) is 3.32. The van der Waals surface area contributed by atoms with Crippen molar-refractivity contribution in [2.24, 2.45) is 0 Å². The van der Waals surface area contributed by atoms with Gasteiger partial charge in [0.25, 0.3) is 0 Å². The molecule has 5 nitrogen and oxygen atoms in total. The lowest BCUT2D eigenvalue weighted by Crippen LogP contribution is -2.48. The van der Waals surface area contributed by atoms with E-state index in [1.54, 1.807) is 10.4 Å². The fraction of sp³-hybridized carbons (Fsp3) is 0.400. The summed E-state index contributed by atoms with van der Waals surface area (Å²) >= 11 is 0. The molecule has 0 saturated carbocycles. The zero-order valence-corrected chi connectivity index (χ0v) is 16.4. The Morgan fingerprint density at radius 3 is 2.23 bits per heavy atom. The van der Waals surface area contributed by atoms with Crippen LogP contribution in [0.15, 0.2) is 47.4 Å². The first-order valence-corrected chi connectivity index (χ1v) is 10.4. The summed E-state index contributed by atoms with van der Waals surface area (Å²) in [6.45, 7) is 8.56. The van der Waals surface area contributed by atoms with Gasteiger partial charge in [-0.2, -0.15) is 4.31 Å². The molecular formula is C20H26N2O3S. The molecule has 0 radical (unpaired) electrons. The summed E-state index contributed by atoms with van der Waals surface area (Å²) in [6, 6.07) is 13.7. The van der Waals surface area contributed by atoms with Gasteiger partial charge in [-0.3, -0.25) is 0 Å². The number of nitrogens with zero attached hydrogens (tertiary/aromatic N) is 2. The first-order valence-electron chi connectivity index (χ1n) is 8.97. The standard InChI is InChI=1S/C20H26N2O3S/c1-4-25-19-14-17(3)20(15-16(19)2)26(23,24)22-12-10-21(11-13-22)18-8-6-5-7-9-18/h5-9,14-15H,4,10-13H2,1-3H3. The highest BCUT2D eigenvalue weighted by Crippen LogP contribution is 2.29. The molecule has 0 aromatic heterocycles. The van der Waals surface area contributed by atoms with Crippen LogP contribution < -0.4 is 9.64 Å². The number of anilines is 1. The second-order valence-electron chi connectivity index (χ2n) is 6.54. The second-order valence-corrected chi connectivity index (χ2v) is 8.45. The Morgan fingerprint density at radius 2 is 1.62 bits per heavy atom. The molecule has 0 N–H and O–H groups in total. The fourth-order valence-corrected chi connectivity index (χ4v) is 5.03. The van der Waals surface area contributed by atoms with E-state index in [0.29, 0.717) is 37.7 Å². The van der Waals surface area contributed by atoms with E-state index < -0.39 is 10.0 Å². The molecule has 2 aromatic rings. The first-order chi connectivity index (χ1) is 12.4. The van der Waals surface area contributed by atoms with Crippen LogP contribution in [0.4, 0.5) is 5.69 Å². The van der Waals surface area contributed by atoms with Crippen molar-refractivity contribution in [3.05, 3.63) is 53.6 Å². The molecule has 1 aliphatic rings. The molecule has 0 atom stereocenters. The van der Waals surface area contributed by atoms with E-state index in [1.807, 2.05) is 45.0 Å². The van der Waals surface area contributed by atoms with Gasteiger partial charge in [0.2, 0.25) is 10.0 Å². The topological polar surface area (TPSA) is 49.9 Å². The Hall–Kier alpha value is -2.05. The third-order valence-corrected chi connectivity index (χ3v) is 6.79. The number of rotatable bonds is 5. The van der Waals surface area contributed by atoms with E-state index in [4.69, 9.17) is 4.74 Å². The monoisotopic (exact) mass is 374 g/mol. The largest absolute Gasteiger partial charge is 0.494 e. The molecule has 3 rings (SSSR count). The Kier molecular flexibility index (Phi) is 5.53. The maximum absolute atomic E-state index is 13.1. The van der Waals surface area contributed by atoms with Crippen LogP contribution in [0.2, 0.25) is 0 Å². The number of sulfonamides is 1. The third kappa shape index (κ3) is 3.71. The average Bonchev–Trinajstić information content (AvgIpc) is 2.65. The SMILES string of the molecule is CCOc1cc(C)c(S(=O)(=O)N2CCN(c3ccccc3)CC2)cc1C. The van der Waals surface area contributed by atoms with Gasteiger partial charge < -0.3 is 9.64 Å². The number of benzene rings is 2. The lowest BCUT2D eigenvalue weighted by molar-refractivity contribution is 0.337. The Morgan fingerprint density at radius 1 is 0.962 bits per heavy atom. The van der Waals surface area contributed by atoms with Crippen molar-refractivity contribution in [2.45, 2.75) is 25.7 Å². The van der Waals surface area contributed by atoms with Crippen LogP contribution in [-0.2, 0) is 10.0 Å². The van der Waals surface area contributed by atoms with E-state index in [1.165, 1.54) is 0 Å². The summed E-state index contributed by atoms with van der Waals surface area (Å²) in [5.74, 6) is 0.748. The van der Waals surface area contributed by atoms with Crippen LogP contribution in [0.1, 0.15) is 18.1 Å². The summed E-state index contributed by atoms with van der Waals surface area (Å²) < 4.78 is 33.4. The molecule has 1 saturated heterocycles. The molecule has 6 heteroatoms. The van der Waals surface area contributed by atoms with Crippen LogP contribution in [0, 0.1) is 13.8 Å². The van der Waals surface area contributed by atoms with E-state index >= 15 is 0 Å². The summed E-state index contributed by atoms with van der Waals surface area (Å²) in [5.41, 5.74) is 2.71. The van der Waals surface area contributed by atoms with Crippen molar-refractivity contribution in [3.63, 3.8) is 0 Å². The molecule has 0 spiro atoms. The molecule has 1 fully saturated rings. The molecule has 0 aliphatic carbocycles. The maximum atomic E-state index is 13.1. The van der Waals surface area contributed by atoms with Gasteiger partial charge >= 0.3 is 0 Å². The number of hydrogen-bond acceptors (Lipinski definition) is 4. The predicted molar refractivity (Wildman–Crippen MR) is 104 cm³/mol. The summed E-state index contributed by atoms with van der Waals surface area (Å²) in [7, 11) is -3.50. The number of ether oxygens (including phenoxy) is 1. The summed E-state index contributed by atoms with van der Waals surface area (Å²) in [4.78, 5) is 2.61. The van der Waals surface area contributed by atoms with Gasteiger partial charge in [-0.1, -0.05) is 18.2 Å². The first kappa shape index (κ1) is 18.7. The van der Waals surface area contributed by atoms with E-state index in [-0.39, 0.29) is 0 Å². The smallest absolute Gasteiger partial charge is 0.243 e. The maximum Gasteiger partial charge on any atom is 0.243 e. The minimum atomic E-state index is -3.50. The van der Waals surface area contributed by atoms with Gasteiger partial charge in [-0.05, 0) is 56.2 Å². The lowest BCUT2D eigenvalue weighted by Gasteiger charge is -2.35. The zero-order chi connectivity index (χ0) is 18.7. The highest BCUT2D eigenvalue weighted by molar-refractivity contribution is 7.89. The second kappa shape index (κ2) is 7.68. The minimum Gasteiger partial charge on any atom is -0.494 e. The van der Waals surface area contributed by atoms with Crippen LogP contribution in [-0.4, -0.2) is 45.5 Å². The molecule has 1 aliphatic heterocycles. The molecule has 140 valence electrons. The van der Waals surface area contributed by atoms with Gasteiger partial charge in [0.1, 0.15) is 5.75 Å². The van der Waals surface area contributed by atoms with Gasteiger partial charge in [0.15, 0.2) is 0 Å². The van der Waals surface area contributed by atoms with E-state index in [2.05, 4.69) is 17.0 Å². The van der Waals surface area contributed by atoms with Gasteiger partial charge in [-0.25, -0.2) is 8.42 Å². The summed E-state index contributed by atoms with van der Waals surface area (Å²) in [6.07, 6.45) is 0. The van der Waals surface area contributed by atoms with Crippen molar-refractivity contribution in [2.75, 3.05) is 37.7 Å². The molecule has 2 aromatic carbocycles. The molecular weight excluding hydrogens is 348 g/mol. The highest BCUT2D eigenvalue weighted by atomic mass is 32.2. The third-order valence-electron chi connectivity index (χ3n) is 4.75. The average molecular weight is 375 g/mol. The van der Waals surface area contributed by atoms with Crippen molar-refractivity contribution >= 4 is 15.7 Å². The van der Waals surface area contributed by atoms with Crippen molar-refractivity contribution < 1.29 is 13.2 Å². The van der Waals surface area contributed by atoms with Crippen molar-refractivity contribution in [3.8, 4) is 5.75 Å². The Labute approximate surface area is 156 Å². The van der Waals surface area contributed by atoms with Crippen LogP contribution >= 0.6 is 0 Å². The summed E-state index contributed by atoms with van der Waals surface area (Å²) in [5, 5.41) is 0. The van der Waals surface area contributed by atoms with Gasteiger partial charge in [-0.15, -0.1) is 0 Å². The predicted octanol–water partition coefficient (Wildman–Crippen LogP) is 3.21. The molecule has 0 amide bonds. The molecule has 1 heterocycles. The zero-order valence-electron chi connectivity index (χ0n) is 15.6. The highest BCUT2D eigenvalue weighted by Gasteiger charge is 2.30.